The molecule has 6 N–H and O–H groups in total. The molecule has 0 saturated heterocycles. The molecule has 0 bridgehead atoms. The van der Waals surface area contributed by atoms with Crippen LogP contribution in [0.1, 0.15) is 52.4 Å². The van der Waals surface area contributed by atoms with E-state index in [4.69, 9.17) is 16.2 Å². The van der Waals surface area contributed by atoms with Crippen molar-refractivity contribution in [3.8, 4) is 0 Å². The number of benzene rings is 3. The molecular formula is C26H28N4O3. The second-order valence-electron chi connectivity index (χ2n) is 8.35. The number of amides is 2. The molecule has 3 aromatic rings. The summed E-state index contributed by atoms with van der Waals surface area (Å²) in [6, 6.07) is 22.1. The van der Waals surface area contributed by atoms with Crippen LogP contribution in [0.2, 0.25) is 0 Å². The van der Waals surface area contributed by atoms with E-state index in [-0.39, 0.29) is 24.6 Å². The highest BCUT2D eigenvalue weighted by Crippen LogP contribution is 2.38. The number of nitrogens with one attached hydrogen (secondary N) is 2. The minimum Gasteiger partial charge on any atom is -0.445 e. The molecule has 0 aliphatic heterocycles. The van der Waals surface area contributed by atoms with E-state index < -0.39 is 6.09 Å². The van der Waals surface area contributed by atoms with Crippen LogP contribution in [0.5, 0.6) is 0 Å². The third kappa shape index (κ3) is 5.70. The van der Waals surface area contributed by atoms with Gasteiger partial charge in [-0.25, -0.2) is 4.79 Å². The quantitative estimate of drug-likeness (QED) is 0.405. The van der Waals surface area contributed by atoms with Crippen LogP contribution in [0.3, 0.4) is 0 Å². The number of carbonyl (C=O) groups excluding carboxylic acids is 2. The second kappa shape index (κ2) is 9.75. The van der Waals surface area contributed by atoms with Crippen molar-refractivity contribution in [2.45, 2.75) is 38.0 Å². The van der Waals surface area contributed by atoms with E-state index in [1.54, 1.807) is 48.5 Å². The molecule has 0 aromatic heterocycles. The number of alkyl carbamates (subject to hydrolysis) is 1. The SMILES string of the molecule is C[C@H](NC(=O)OCc1ccc(C2C[C@@H]2N)cc1)c1ccc(C(=O)Nc2ccccc2N)cc1. The first kappa shape index (κ1) is 22.4. The predicted octanol–water partition coefficient (Wildman–Crippen LogP) is 4.32. The van der Waals surface area contributed by atoms with E-state index in [0.717, 1.165) is 17.5 Å². The Bertz CT molecular complexity index is 1130. The fraction of sp³-hybridized carbons (Fsp3) is 0.231. The van der Waals surface area contributed by atoms with Gasteiger partial charge in [0.2, 0.25) is 0 Å². The molecule has 170 valence electrons. The van der Waals surface area contributed by atoms with Gasteiger partial charge in [-0.15, -0.1) is 0 Å². The summed E-state index contributed by atoms with van der Waals surface area (Å²) < 4.78 is 5.35. The lowest BCUT2D eigenvalue weighted by Gasteiger charge is -2.15. The van der Waals surface area contributed by atoms with Gasteiger partial charge in [0.25, 0.3) is 5.91 Å². The molecule has 33 heavy (non-hydrogen) atoms. The maximum atomic E-state index is 12.5. The highest BCUT2D eigenvalue weighted by molar-refractivity contribution is 6.05. The van der Waals surface area contributed by atoms with E-state index in [0.29, 0.717) is 22.9 Å². The zero-order chi connectivity index (χ0) is 23.4. The Morgan fingerprint density at radius 2 is 1.70 bits per heavy atom. The standard InChI is InChI=1S/C26H28N4O3/c1-16(29-26(32)33-15-17-6-8-19(9-7-17)21-14-23(21)28)18-10-12-20(13-11-18)25(31)30-24-5-3-2-4-22(24)27/h2-13,16,21,23H,14-15,27-28H2,1H3,(H,29,32)(H,30,31)/t16-,21?,23-/m0/s1. The fourth-order valence-electron chi connectivity index (χ4n) is 3.64. The van der Waals surface area contributed by atoms with Crippen LogP contribution in [0, 0.1) is 0 Å². The molecule has 1 unspecified atom stereocenters. The van der Waals surface area contributed by atoms with E-state index in [9.17, 15) is 9.59 Å². The van der Waals surface area contributed by atoms with Crippen LogP contribution >= 0.6 is 0 Å². The molecule has 4 rings (SSSR count). The minimum atomic E-state index is -0.503. The van der Waals surface area contributed by atoms with Crippen molar-refractivity contribution in [1.82, 2.24) is 5.32 Å². The number of ether oxygens (including phenoxy) is 1. The fourth-order valence-corrected chi connectivity index (χ4v) is 3.64. The van der Waals surface area contributed by atoms with Gasteiger partial charge in [-0.2, -0.15) is 0 Å². The van der Waals surface area contributed by atoms with Gasteiger partial charge in [-0.1, -0.05) is 48.5 Å². The van der Waals surface area contributed by atoms with Crippen molar-refractivity contribution in [2.24, 2.45) is 5.73 Å². The summed E-state index contributed by atoms with van der Waals surface area (Å²) >= 11 is 0. The summed E-state index contributed by atoms with van der Waals surface area (Å²) in [5, 5.41) is 5.61. The number of hydrogen-bond donors (Lipinski definition) is 4. The molecule has 0 spiro atoms. The van der Waals surface area contributed by atoms with E-state index in [1.807, 2.05) is 31.2 Å². The number of nitrogen functional groups attached to an aromatic ring is 1. The predicted molar refractivity (Wildman–Crippen MR) is 129 cm³/mol. The van der Waals surface area contributed by atoms with Crippen molar-refractivity contribution in [3.05, 3.63) is 95.1 Å². The second-order valence-corrected chi connectivity index (χ2v) is 8.35. The van der Waals surface area contributed by atoms with Crippen LogP contribution in [0.15, 0.2) is 72.8 Å². The van der Waals surface area contributed by atoms with Crippen LogP contribution < -0.4 is 22.1 Å². The highest BCUT2D eigenvalue weighted by Gasteiger charge is 2.34. The van der Waals surface area contributed by atoms with Crippen LogP contribution in [-0.4, -0.2) is 18.0 Å². The Hall–Kier alpha value is -3.84. The van der Waals surface area contributed by atoms with Crippen molar-refractivity contribution in [1.29, 1.82) is 0 Å². The molecule has 2 amide bonds. The molecule has 1 aliphatic carbocycles. The maximum Gasteiger partial charge on any atom is 0.407 e. The highest BCUT2D eigenvalue weighted by atomic mass is 16.5. The monoisotopic (exact) mass is 444 g/mol. The summed E-state index contributed by atoms with van der Waals surface area (Å²) in [5.41, 5.74) is 16.3. The average Bonchev–Trinajstić information content (AvgIpc) is 3.56. The van der Waals surface area contributed by atoms with Crippen molar-refractivity contribution < 1.29 is 14.3 Å². The maximum absolute atomic E-state index is 12.5. The molecule has 0 heterocycles. The van der Waals surface area contributed by atoms with E-state index in [2.05, 4.69) is 10.6 Å². The molecule has 7 nitrogen and oxygen atoms in total. The summed E-state index contributed by atoms with van der Waals surface area (Å²) in [7, 11) is 0. The lowest BCUT2D eigenvalue weighted by Crippen LogP contribution is -2.27. The molecule has 0 radical (unpaired) electrons. The summed E-state index contributed by atoms with van der Waals surface area (Å²) in [4.78, 5) is 24.7. The molecule has 3 atom stereocenters. The lowest BCUT2D eigenvalue weighted by molar-refractivity contribution is 0.102. The Balaban J connectivity index is 1.26. The number of anilines is 2. The Kier molecular flexibility index (Phi) is 6.60. The number of para-hydroxylation sites is 2. The van der Waals surface area contributed by atoms with Crippen molar-refractivity contribution in [2.75, 3.05) is 11.1 Å². The van der Waals surface area contributed by atoms with E-state index >= 15 is 0 Å². The molecule has 1 saturated carbocycles. The number of nitrogens with two attached hydrogens (primary N) is 2. The van der Waals surface area contributed by atoms with Gasteiger partial charge in [0.1, 0.15) is 6.61 Å². The minimum absolute atomic E-state index is 0.192. The molecular weight excluding hydrogens is 416 g/mol. The molecule has 1 aliphatic rings. The first-order valence-corrected chi connectivity index (χ1v) is 10.9. The van der Waals surface area contributed by atoms with Gasteiger partial charge < -0.3 is 26.8 Å². The zero-order valence-electron chi connectivity index (χ0n) is 18.5. The van der Waals surface area contributed by atoms with Crippen LogP contribution in [-0.2, 0) is 11.3 Å². The Labute approximate surface area is 193 Å². The largest absolute Gasteiger partial charge is 0.445 e. The summed E-state index contributed by atoms with van der Waals surface area (Å²) in [6.07, 6.45) is 0.529. The number of rotatable bonds is 7. The van der Waals surface area contributed by atoms with Gasteiger partial charge in [0.15, 0.2) is 0 Å². The van der Waals surface area contributed by atoms with E-state index in [1.165, 1.54) is 5.56 Å². The molecule has 7 heteroatoms. The normalized spacial score (nSPS) is 17.6. The Morgan fingerprint density at radius 3 is 2.33 bits per heavy atom. The third-order valence-corrected chi connectivity index (χ3v) is 5.83. The summed E-state index contributed by atoms with van der Waals surface area (Å²) in [5.74, 6) is 0.201. The molecule has 3 aromatic carbocycles. The average molecular weight is 445 g/mol. The first-order valence-electron chi connectivity index (χ1n) is 10.9. The molecule has 1 fully saturated rings. The van der Waals surface area contributed by atoms with Crippen LogP contribution in [0.25, 0.3) is 0 Å². The van der Waals surface area contributed by atoms with Gasteiger partial charge in [-0.05, 0) is 54.3 Å². The van der Waals surface area contributed by atoms with Gasteiger partial charge in [0.05, 0.1) is 17.4 Å². The smallest absolute Gasteiger partial charge is 0.407 e. The van der Waals surface area contributed by atoms with Gasteiger partial charge >= 0.3 is 6.09 Å². The van der Waals surface area contributed by atoms with Gasteiger partial charge in [0, 0.05) is 17.5 Å². The first-order chi connectivity index (χ1) is 15.9. The summed E-state index contributed by atoms with van der Waals surface area (Å²) in [6.45, 7) is 2.05. The number of carbonyl (C=O) groups is 2. The third-order valence-electron chi connectivity index (χ3n) is 5.83. The van der Waals surface area contributed by atoms with Crippen LogP contribution in [0.4, 0.5) is 16.2 Å². The van der Waals surface area contributed by atoms with Crippen molar-refractivity contribution in [3.63, 3.8) is 0 Å². The zero-order valence-corrected chi connectivity index (χ0v) is 18.5. The topological polar surface area (TPSA) is 119 Å². The van der Waals surface area contributed by atoms with Gasteiger partial charge in [-0.3, -0.25) is 4.79 Å². The van der Waals surface area contributed by atoms with Crippen molar-refractivity contribution >= 4 is 23.4 Å². The lowest BCUT2D eigenvalue weighted by atomic mass is 10.1. The number of hydrogen-bond acceptors (Lipinski definition) is 5. The Morgan fingerprint density at radius 1 is 1.03 bits per heavy atom.